The second-order valence-electron chi connectivity index (χ2n) is 14.8. The van der Waals surface area contributed by atoms with Gasteiger partial charge in [-0.1, -0.05) is 188 Å². The molecular weight excluding hydrogens is 687 g/mol. The van der Waals surface area contributed by atoms with Crippen LogP contribution in [0.3, 0.4) is 0 Å². The van der Waals surface area contributed by atoms with Gasteiger partial charge in [-0.15, -0.1) is 0 Å². The van der Waals surface area contributed by atoms with Crippen LogP contribution in [-0.2, 0) is 0 Å². The summed E-state index contributed by atoms with van der Waals surface area (Å²) in [5.41, 5.74) is 20.6. The summed E-state index contributed by atoms with van der Waals surface area (Å²) in [7, 11) is 0. The molecule has 11 rings (SSSR count). The van der Waals surface area contributed by atoms with Crippen molar-refractivity contribution in [3.63, 3.8) is 0 Å². The molecule has 2 nitrogen and oxygen atoms in total. The third kappa shape index (κ3) is 5.35. The van der Waals surface area contributed by atoms with Crippen LogP contribution in [0.15, 0.2) is 224 Å². The molecule has 9 aromatic rings. The van der Waals surface area contributed by atoms with Gasteiger partial charge in [0.15, 0.2) is 0 Å². The number of para-hydroxylation sites is 4. The second-order valence-corrected chi connectivity index (χ2v) is 14.8. The van der Waals surface area contributed by atoms with Gasteiger partial charge in [-0.25, -0.2) is 0 Å². The Morgan fingerprint density at radius 3 is 1.18 bits per heavy atom. The molecule has 266 valence electrons. The summed E-state index contributed by atoms with van der Waals surface area (Å²) in [6, 6.07) is 82.0. The number of benzene rings is 9. The zero-order valence-corrected chi connectivity index (χ0v) is 31.3. The lowest BCUT2D eigenvalue weighted by molar-refractivity contribution is 1.25. The Hall–Kier alpha value is -7.36. The van der Waals surface area contributed by atoms with Crippen LogP contribution in [0.1, 0.15) is 0 Å². The van der Waals surface area contributed by atoms with E-state index in [2.05, 4.69) is 234 Å². The largest absolute Gasteiger partial charge is 0.311 e. The molecule has 0 unspecified atom stereocenters. The number of rotatable bonds is 6. The first-order valence-electron chi connectivity index (χ1n) is 19.7. The number of hydrogen-bond donors (Lipinski definition) is 0. The lowest BCUT2D eigenvalue weighted by Gasteiger charge is -2.44. The summed E-state index contributed by atoms with van der Waals surface area (Å²) >= 11 is 0. The highest BCUT2D eigenvalue weighted by molar-refractivity contribution is 7.00. The van der Waals surface area contributed by atoms with Crippen molar-refractivity contribution in [1.82, 2.24) is 0 Å². The Bertz CT molecular complexity index is 2820. The van der Waals surface area contributed by atoms with Crippen molar-refractivity contribution in [2.75, 3.05) is 9.80 Å². The van der Waals surface area contributed by atoms with Gasteiger partial charge < -0.3 is 9.80 Å². The third-order valence-corrected chi connectivity index (χ3v) is 11.7. The molecule has 2 aliphatic rings. The van der Waals surface area contributed by atoms with E-state index in [-0.39, 0.29) is 6.71 Å². The number of hydrogen-bond acceptors (Lipinski definition) is 2. The van der Waals surface area contributed by atoms with Crippen LogP contribution in [-0.4, -0.2) is 6.71 Å². The Labute approximate surface area is 334 Å². The maximum absolute atomic E-state index is 2.58. The van der Waals surface area contributed by atoms with Crippen molar-refractivity contribution in [3.05, 3.63) is 224 Å². The molecule has 0 fully saturated rings. The molecule has 0 aromatic heterocycles. The van der Waals surface area contributed by atoms with Gasteiger partial charge in [-0.3, -0.25) is 0 Å². The van der Waals surface area contributed by atoms with Gasteiger partial charge >= 0.3 is 0 Å². The molecule has 0 radical (unpaired) electrons. The smallest absolute Gasteiger partial charge is 0.252 e. The van der Waals surface area contributed by atoms with Gasteiger partial charge in [0.05, 0.1) is 5.69 Å². The molecule has 0 aliphatic carbocycles. The quantitative estimate of drug-likeness (QED) is 0.158. The van der Waals surface area contributed by atoms with Crippen molar-refractivity contribution in [2.24, 2.45) is 0 Å². The minimum Gasteiger partial charge on any atom is -0.311 e. The van der Waals surface area contributed by atoms with E-state index in [4.69, 9.17) is 0 Å². The molecule has 9 aromatic carbocycles. The lowest BCUT2D eigenvalue weighted by atomic mass is 9.33. The minimum atomic E-state index is 0.0589. The van der Waals surface area contributed by atoms with E-state index in [1.54, 1.807) is 0 Å². The van der Waals surface area contributed by atoms with Crippen LogP contribution < -0.4 is 26.2 Å². The standard InChI is InChI=1S/C54H37BN2/c1-4-20-38(21-5-1)41-26-10-12-28-43(41)45-30-18-31-46(44-29-13-11-27-42(44)39-22-6-2-7-23-39)54(45)57-50-35-17-15-33-48(50)55-47-32-14-16-34-49(47)56(40-24-8-3-9-25-40)51-36-19-37-52(57)53(51)55/h1-37H. The van der Waals surface area contributed by atoms with Gasteiger partial charge in [0, 0.05) is 39.6 Å². The third-order valence-electron chi connectivity index (χ3n) is 11.7. The first-order chi connectivity index (χ1) is 28.3. The summed E-state index contributed by atoms with van der Waals surface area (Å²) in [5, 5.41) is 0. The number of fused-ring (bicyclic) bond motifs is 4. The SMILES string of the molecule is c1ccc(-c2ccccc2-c2cccc(-c3ccccc3-c3ccccc3)c2N2c3ccccc3B3c4ccccc4N(c4ccccc4)c4cccc2c43)cc1. The summed E-state index contributed by atoms with van der Waals surface area (Å²) in [6.07, 6.45) is 0. The van der Waals surface area contributed by atoms with Gasteiger partial charge in [-0.2, -0.15) is 0 Å². The Morgan fingerprint density at radius 1 is 0.263 bits per heavy atom. The fourth-order valence-corrected chi connectivity index (χ4v) is 9.33. The summed E-state index contributed by atoms with van der Waals surface area (Å²) in [4.78, 5) is 5.04. The average Bonchev–Trinajstić information content (AvgIpc) is 3.29. The predicted octanol–water partition coefficient (Wildman–Crippen LogP) is 12.4. The maximum Gasteiger partial charge on any atom is 0.252 e. The van der Waals surface area contributed by atoms with Crippen molar-refractivity contribution >= 4 is 57.2 Å². The number of nitrogens with zero attached hydrogens (tertiary/aromatic N) is 2. The normalized spacial score (nSPS) is 12.5. The van der Waals surface area contributed by atoms with E-state index in [9.17, 15) is 0 Å². The molecule has 2 heterocycles. The Kier molecular flexibility index (Phi) is 7.96. The van der Waals surface area contributed by atoms with E-state index in [0.29, 0.717) is 0 Å². The van der Waals surface area contributed by atoms with Crippen LogP contribution in [0.4, 0.5) is 34.1 Å². The van der Waals surface area contributed by atoms with Crippen LogP contribution in [0.25, 0.3) is 44.5 Å². The average molecular weight is 725 g/mol. The fourth-order valence-electron chi connectivity index (χ4n) is 9.33. The van der Waals surface area contributed by atoms with E-state index in [0.717, 1.165) is 11.4 Å². The molecular formula is C54H37BN2. The monoisotopic (exact) mass is 724 g/mol. The first-order valence-corrected chi connectivity index (χ1v) is 19.7. The highest BCUT2D eigenvalue weighted by Gasteiger charge is 2.43. The molecule has 0 atom stereocenters. The Morgan fingerprint density at radius 2 is 0.632 bits per heavy atom. The van der Waals surface area contributed by atoms with Crippen LogP contribution in [0.2, 0.25) is 0 Å². The fraction of sp³-hybridized carbons (Fsp3) is 0. The zero-order valence-electron chi connectivity index (χ0n) is 31.3. The van der Waals surface area contributed by atoms with E-state index in [1.165, 1.54) is 83.6 Å². The highest BCUT2D eigenvalue weighted by atomic mass is 15.2. The molecule has 0 amide bonds. The van der Waals surface area contributed by atoms with Crippen molar-refractivity contribution in [2.45, 2.75) is 0 Å². The van der Waals surface area contributed by atoms with E-state index >= 15 is 0 Å². The molecule has 0 bridgehead atoms. The van der Waals surface area contributed by atoms with Crippen LogP contribution in [0.5, 0.6) is 0 Å². The summed E-state index contributed by atoms with van der Waals surface area (Å²) in [5.74, 6) is 0. The van der Waals surface area contributed by atoms with Gasteiger partial charge in [-0.05, 0) is 86.2 Å². The maximum atomic E-state index is 2.58. The van der Waals surface area contributed by atoms with Crippen molar-refractivity contribution in [1.29, 1.82) is 0 Å². The lowest BCUT2D eigenvalue weighted by Crippen LogP contribution is -2.61. The molecule has 57 heavy (non-hydrogen) atoms. The minimum absolute atomic E-state index is 0.0589. The van der Waals surface area contributed by atoms with E-state index in [1.807, 2.05) is 0 Å². The first kappa shape index (κ1) is 33.0. The zero-order chi connectivity index (χ0) is 37.7. The highest BCUT2D eigenvalue weighted by Crippen LogP contribution is 2.51. The topological polar surface area (TPSA) is 6.48 Å². The molecule has 0 spiro atoms. The molecule has 0 N–H and O–H groups in total. The Balaban J connectivity index is 1.25. The number of anilines is 6. The van der Waals surface area contributed by atoms with Gasteiger partial charge in [0.25, 0.3) is 6.71 Å². The summed E-state index contributed by atoms with van der Waals surface area (Å²) in [6.45, 7) is 0.0589. The van der Waals surface area contributed by atoms with Crippen molar-refractivity contribution in [3.8, 4) is 44.5 Å². The molecule has 3 heteroatoms. The molecule has 0 saturated carbocycles. The van der Waals surface area contributed by atoms with Crippen LogP contribution >= 0.6 is 0 Å². The van der Waals surface area contributed by atoms with Gasteiger partial charge in [0.2, 0.25) is 0 Å². The van der Waals surface area contributed by atoms with Crippen LogP contribution in [0, 0.1) is 0 Å². The second kappa shape index (κ2) is 13.7. The molecule has 0 saturated heterocycles. The molecule has 2 aliphatic heterocycles. The van der Waals surface area contributed by atoms with Crippen molar-refractivity contribution < 1.29 is 0 Å². The predicted molar refractivity (Wildman–Crippen MR) is 242 cm³/mol. The summed E-state index contributed by atoms with van der Waals surface area (Å²) < 4.78 is 0. The van der Waals surface area contributed by atoms with Gasteiger partial charge in [0.1, 0.15) is 0 Å². The van der Waals surface area contributed by atoms with E-state index < -0.39 is 0 Å².